The quantitative estimate of drug-likeness (QED) is 0.853. The van der Waals surface area contributed by atoms with Crippen LogP contribution in [0, 0.1) is 5.92 Å². The number of aromatic nitrogens is 2. The van der Waals surface area contributed by atoms with Gasteiger partial charge < -0.3 is 4.90 Å². The van der Waals surface area contributed by atoms with Gasteiger partial charge in [-0.3, -0.25) is 0 Å². The number of halogens is 3. The molecule has 3 nitrogen and oxygen atoms in total. The van der Waals surface area contributed by atoms with Gasteiger partial charge in [0.25, 0.3) is 0 Å². The number of alkyl halides is 2. The van der Waals surface area contributed by atoms with Crippen LogP contribution in [0.1, 0.15) is 0 Å². The molecule has 0 bridgehead atoms. The molecule has 0 unspecified atom stereocenters. The first-order valence-electron chi connectivity index (χ1n) is 5.59. The fourth-order valence-corrected chi connectivity index (χ4v) is 2.36. The molecule has 94 valence electrons. The van der Waals surface area contributed by atoms with E-state index >= 15 is 0 Å². The molecule has 1 aliphatic heterocycles. The van der Waals surface area contributed by atoms with Crippen LogP contribution in [0.2, 0.25) is 0 Å². The minimum Gasteiger partial charge on any atom is -0.340 e. The van der Waals surface area contributed by atoms with E-state index in [0.29, 0.717) is 19.0 Å². The van der Waals surface area contributed by atoms with E-state index in [1.807, 2.05) is 18.2 Å². The molecule has 0 saturated carbocycles. The van der Waals surface area contributed by atoms with E-state index in [1.165, 1.54) is 0 Å². The normalized spacial score (nSPS) is 16.3. The van der Waals surface area contributed by atoms with Crippen molar-refractivity contribution in [3.63, 3.8) is 0 Å². The van der Waals surface area contributed by atoms with E-state index in [-0.39, 0.29) is 0 Å². The van der Waals surface area contributed by atoms with Crippen molar-refractivity contribution in [2.75, 3.05) is 18.0 Å². The maximum absolute atomic E-state index is 12.4. The van der Waals surface area contributed by atoms with Gasteiger partial charge in [0.1, 0.15) is 0 Å². The average molecular weight is 314 g/mol. The number of fused-ring (bicyclic) bond motifs is 1. The number of hydrogen-bond donors (Lipinski definition) is 0. The Morgan fingerprint density at radius 1 is 1.33 bits per heavy atom. The molecule has 2 aromatic rings. The molecule has 1 aromatic heterocycles. The van der Waals surface area contributed by atoms with Crippen molar-refractivity contribution in [2.45, 2.75) is 6.43 Å². The van der Waals surface area contributed by atoms with Crippen LogP contribution in [0.4, 0.5) is 14.7 Å². The fourth-order valence-electron chi connectivity index (χ4n) is 1.98. The van der Waals surface area contributed by atoms with Crippen LogP contribution in [-0.2, 0) is 0 Å². The van der Waals surface area contributed by atoms with Gasteiger partial charge in [-0.05, 0) is 18.2 Å². The molecule has 2 heterocycles. The van der Waals surface area contributed by atoms with Gasteiger partial charge >= 0.3 is 0 Å². The Balaban J connectivity index is 1.84. The first-order valence-corrected chi connectivity index (χ1v) is 6.38. The van der Waals surface area contributed by atoms with Crippen molar-refractivity contribution >= 4 is 32.8 Å². The number of nitrogens with zero attached hydrogens (tertiary/aromatic N) is 3. The van der Waals surface area contributed by atoms with E-state index in [2.05, 4.69) is 25.9 Å². The molecule has 0 amide bonds. The summed E-state index contributed by atoms with van der Waals surface area (Å²) >= 11 is 3.38. The smallest absolute Gasteiger partial charge is 0.244 e. The summed E-state index contributed by atoms with van der Waals surface area (Å²) in [6.07, 6.45) is -0.532. The molecule has 0 radical (unpaired) electrons. The monoisotopic (exact) mass is 313 g/mol. The van der Waals surface area contributed by atoms with Crippen molar-refractivity contribution in [1.82, 2.24) is 9.97 Å². The lowest BCUT2D eigenvalue weighted by Crippen LogP contribution is -2.50. The van der Waals surface area contributed by atoms with Crippen molar-refractivity contribution in [3.8, 4) is 0 Å². The Morgan fingerprint density at radius 2 is 2.11 bits per heavy atom. The van der Waals surface area contributed by atoms with Crippen molar-refractivity contribution in [3.05, 3.63) is 28.9 Å². The number of hydrogen-bond acceptors (Lipinski definition) is 3. The second-order valence-electron chi connectivity index (χ2n) is 4.37. The van der Waals surface area contributed by atoms with Gasteiger partial charge in [-0.25, -0.2) is 18.7 Å². The lowest BCUT2D eigenvalue weighted by Gasteiger charge is -2.38. The molecular weight excluding hydrogens is 304 g/mol. The molecule has 1 aliphatic rings. The average Bonchev–Trinajstić information content (AvgIpc) is 2.26. The summed E-state index contributed by atoms with van der Waals surface area (Å²) in [6.45, 7) is 0.666. The third-order valence-corrected chi connectivity index (χ3v) is 3.57. The predicted molar refractivity (Wildman–Crippen MR) is 68.9 cm³/mol. The van der Waals surface area contributed by atoms with Crippen LogP contribution in [0.15, 0.2) is 28.9 Å². The second kappa shape index (κ2) is 4.42. The van der Waals surface area contributed by atoms with Gasteiger partial charge in [-0.1, -0.05) is 15.9 Å². The standard InChI is InChI=1S/C12H10BrF2N3/c13-9-1-2-10-7(3-9)4-16-12(17-10)18-5-8(6-18)11(14)15/h1-4,8,11H,5-6H2. The van der Waals surface area contributed by atoms with Gasteiger partial charge in [-0.2, -0.15) is 0 Å². The minimum atomic E-state index is -2.25. The summed E-state index contributed by atoms with van der Waals surface area (Å²) in [6, 6.07) is 5.71. The van der Waals surface area contributed by atoms with Gasteiger partial charge in [0.2, 0.25) is 12.4 Å². The van der Waals surface area contributed by atoms with Crippen LogP contribution < -0.4 is 4.90 Å². The van der Waals surface area contributed by atoms with E-state index < -0.39 is 12.3 Å². The Hall–Kier alpha value is -1.30. The van der Waals surface area contributed by atoms with Gasteiger partial charge in [0.15, 0.2) is 0 Å². The molecule has 3 rings (SSSR count). The number of benzene rings is 1. The third kappa shape index (κ3) is 2.05. The molecule has 0 N–H and O–H groups in total. The number of anilines is 1. The maximum atomic E-state index is 12.4. The Kier molecular flexibility index (Phi) is 2.89. The van der Waals surface area contributed by atoms with Crippen LogP contribution in [0.3, 0.4) is 0 Å². The zero-order valence-electron chi connectivity index (χ0n) is 9.35. The van der Waals surface area contributed by atoms with Gasteiger partial charge in [-0.15, -0.1) is 0 Å². The molecular formula is C12H10BrF2N3. The highest BCUT2D eigenvalue weighted by Gasteiger charge is 2.35. The first kappa shape index (κ1) is 11.8. The fraction of sp³-hybridized carbons (Fsp3) is 0.333. The van der Waals surface area contributed by atoms with E-state index in [0.717, 1.165) is 15.4 Å². The molecule has 0 aliphatic carbocycles. The summed E-state index contributed by atoms with van der Waals surface area (Å²) in [7, 11) is 0. The maximum Gasteiger partial charge on any atom is 0.244 e. The summed E-state index contributed by atoms with van der Waals surface area (Å²) in [5, 5.41) is 0.930. The number of rotatable bonds is 2. The lowest BCUT2D eigenvalue weighted by molar-refractivity contribution is 0.0608. The summed E-state index contributed by atoms with van der Waals surface area (Å²) < 4.78 is 25.8. The topological polar surface area (TPSA) is 29.0 Å². The Labute approximate surface area is 111 Å². The van der Waals surface area contributed by atoms with Crippen LogP contribution in [0.5, 0.6) is 0 Å². The molecule has 0 spiro atoms. The van der Waals surface area contributed by atoms with E-state index in [9.17, 15) is 8.78 Å². The first-order chi connectivity index (χ1) is 8.63. The Bertz CT molecular complexity index is 585. The van der Waals surface area contributed by atoms with Crippen LogP contribution >= 0.6 is 15.9 Å². The highest BCUT2D eigenvalue weighted by Crippen LogP contribution is 2.27. The van der Waals surface area contributed by atoms with Crippen molar-refractivity contribution in [1.29, 1.82) is 0 Å². The van der Waals surface area contributed by atoms with E-state index in [1.54, 1.807) is 11.1 Å². The molecule has 1 aromatic carbocycles. The zero-order chi connectivity index (χ0) is 12.7. The van der Waals surface area contributed by atoms with Gasteiger partial charge in [0, 0.05) is 29.1 Å². The lowest BCUT2D eigenvalue weighted by atomic mass is 10.0. The predicted octanol–water partition coefficient (Wildman–Crippen LogP) is 3.09. The highest BCUT2D eigenvalue weighted by molar-refractivity contribution is 9.10. The van der Waals surface area contributed by atoms with Gasteiger partial charge in [0.05, 0.1) is 11.4 Å². The van der Waals surface area contributed by atoms with Crippen LogP contribution in [-0.4, -0.2) is 29.5 Å². The summed E-state index contributed by atoms with van der Waals surface area (Å²) in [5.74, 6) is -0.0177. The summed E-state index contributed by atoms with van der Waals surface area (Å²) in [5.41, 5.74) is 0.823. The van der Waals surface area contributed by atoms with Crippen molar-refractivity contribution in [2.24, 2.45) is 5.92 Å². The minimum absolute atomic E-state index is 0.333. The SMILES string of the molecule is FC(F)C1CN(c2ncc3cc(Br)ccc3n2)C1. The highest BCUT2D eigenvalue weighted by atomic mass is 79.9. The van der Waals surface area contributed by atoms with E-state index in [4.69, 9.17) is 0 Å². The molecule has 0 atom stereocenters. The zero-order valence-corrected chi connectivity index (χ0v) is 10.9. The third-order valence-electron chi connectivity index (χ3n) is 3.08. The molecule has 18 heavy (non-hydrogen) atoms. The molecule has 1 fully saturated rings. The van der Waals surface area contributed by atoms with Crippen LogP contribution in [0.25, 0.3) is 10.9 Å². The van der Waals surface area contributed by atoms with Crippen molar-refractivity contribution < 1.29 is 8.78 Å². The summed E-state index contributed by atoms with van der Waals surface area (Å²) in [4.78, 5) is 10.4. The second-order valence-corrected chi connectivity index (χ2v) is 5.29. The largest absolute Gasteiger partial charge is 0.340 e. The molecule has 1 saturated heterocycles. The Morgan fingerprint density at radius 3 is 2.83 bits per heavy atom. The molecule has 6 heteroatoms.